The molecule has 3 rings (SSSR count). The Labute approximate surface area is 112 Å². The predicted octanol–water partition coefficient (Wildman–Crippen LogP) is 2.42. The third-order valence-electron chi connectivity index (χ3n) is 4.88. The lowest BCUT2D eigenvalue weighted by Crippen LogP contribution is -2.58. The Hall–Kier alpha value is -1.52. The van der Waals surface area contributed by atoms with Gasteiger partial charge in [-0.2, -0.15) is 5.10 Å². The number of methoxy groups -OCH3 is 1. The number of aromatic nitrogens is 2. The SMILES string of the molecule is COc1cnn(C2(C(=O)O)CC3(CCCCC3)C2)c1. The highest BCUT2D eigenvalue weighted by molar-refractivity contribution is 5.78. The molecule has 0 aliphatic heterocycles. The molecule has 0 atom stereocenters. The van der Waals surface area contributed by atoms with Gasteiger partial charge in [-0.3, -0.25) is 4.68 Å². The summed E-state index contributed by atoms with van der Waals surface area (Å²) in [5.41, 5.74) is -0.607. The lowest BCUT2D eigenvalue weighted by molar-refractivity contribution is -0.167. The van der Waals surface area contributed by atoms with Gasteiger partial charge in [-0.25, -0.2) is 4.79 Å². The van der Waals surface area contributed by atoms with Crippen LogP contribution >= 0.6 is 0 Å². The molecule has 2 saturated carbocycles. The van der Waals surface area contributed by atoms with Crippen LogP contribution < -0.4 is 4.74 Å². The highest BCUT2D eigenvalue weighted by Crippen LogP contribution is 2.60. The zero-order valence-electron chi connectivity index (χ0n) is 11.3. The maximum absolute atomic E-state index is 11.7. The summed E-state index contributed by atoms with van der Waals surface area (Å²) >= 11 is 0. The Morgan fingerprint density at radius 1 is 1.37 bits per heavy atom. The Morgan fingerprint density at radius 2 is 2.05 bits per heavy atom. The van der Waals surface area contributed by atoms with Crippen molar-refractivity contribution in [3.63, 3.8) is 0 Å². The molecule has 2 fully saturated rings. The van der Waals surface area contributed by atoms with Crippen LogP contribution in [0.15, 0.2) is 12.4 Å². The third-order valence-corrected chi connectivity index (χ3v) is 4.88. The molecule has 0 radical (unpaired) electrons. The minimum Gasteiger partial charge on any atom is -0.493 e. The van der Waals surface area contributed by atoms with E-state index in [0.29, 0.717) is 18.6 Å². The van der Waals surface area contributed by atoms with Crippen LogP contribution in [0, 0.1) is 5.41 Å². The number of carboxylic acid groups (broad SMARTS) is 1. The zero-order chi connectivity index (χ0) is 13.5. The maximum Gasteiger partial charge on any atom is 0.331 e. The fraction of sp³-hybridized carbons (Fsp3) is 0.714. The summed E-state index contributed by atoms with van der Waals surface area (Å²) in [4.78, 5) is 11.7. The van der Waals surface area contributed by atoms with E-state index < -0.39 is 11.5 Å². The molecule has 0 amide bonds. The number of aliphatic carboxylic acids is 1. The van der Waals surface area contributed by atoms with Gasteiger partial charge in [-0.05, 0) is 31.1 Å². The molecule has 1 heterocycles. The van der Waals surface area contributed by atoms with Gasteiger partial charge in [0, 0.05) is 0 Å². The first-order valence-electron chi connectivity index (χ1n) is 6.93. The first-order valence-corrected chi connectivity index (χ1v) is 6.93. The molecule has 0 aromatic carbocycles. The van der Waals surface area contributed by atoms with Crippen molar-refractivity contribution in [2.45, 2.75) is 50.5 Å². The van der Waals surface area contributed by atoms with Crippen molar-refractivity contribution in [3.8, 4) is 5.75 Å². The molecule has 1 aromatic heterocycles. The quantitative estimate of drug-likeness (QED) is 0.910. The van der Waals surface area contributed by atoms with E-state index in [0.717, 1.165) is 0 Å². The van der Waals surface area contributed by atoms with Crippen molar-refractivity contribution < 1.29 is 14.6 Å². The number of ether oxygens (including phenoxy) is 1. The Morgan fingerprint density at radius 3 is 2.58 bits per heavy atom. The summed E-state index contributed by atoms with van der Waals surface area (Å²) in [6.07, 6.45) is 10.8. The number of hydrogen-bond acceptors (Lipinski definition) is 3. The van der Waals surface area contributed by atoms with Crippen LogP contribution in [0.3, 0.4) is 0 Å². The molecule has 1 N–H and O–H groups in total. The maximum atomic E-state index is 11.7. The van der Waals surface area contributed by atoms with Gasteiger partial charge in [-0.15, -0.1) is 0 Å². The molecule has 104 valence electrons. The van der Waals surface area contributed by atoms with Gasteiger partial charge in [0.2, 0.25) is 0 Å². The monoisotopic (exact) mass is 264 g/mol. The van der Waals surface area contributed by atoms with E-state index >= 15 is 0 Å². The number of hydrogen-bond donors (Lipinski definition) is 1. The van der Waals surface area contributed by atoms with Gasteiger partial charge in [0.1, 0.15) is 0 Å². The van der Waals surface area contributed by atoms with E-state index in [2.05, 4.69) is 5.10 Å². The summed E-state index contributed by atoms with van der Waals surface area (Å²) in [5.74, 6) is -0.153. The molecule has 1 spiro atoms. The molecule has 0 unspecified atom stereocenters. The molecule has 0 saturated heterocycles. The van der Waals surface area contributed by atoms with Crippen LogP contribution in [0.1, 0.15) is 44.9 Å². The van der Waals surface area contributed by atoms with Crippen molar-refractivity contribution in [1.82, 2.24) is 9.78 Å². The number of rotatable bonds is 3. The van der Waals surface area contributed by atoms with E-state index in [1.807, 2.05) is 0 Å². The van der Waals surface area contributed by atoms with Gasteiger partial charge >= 0.3 is 5.97 Å². The molecular formula is C14H20N2O3. The summed E-state index contributed by atoms with van der Waals surface area (Å²) in [6.45, 7) is 0. The first kappa shape index (κ1) is 12.5. The van der Waals surface area contributed by atoms with Crippen LogP contribution in [0.4, 0.5) is 0 Å². The standard InChI is InChI=1S/C14H20N2O3/c1-19-11-7-15-16(8-11)14(12(17)18)9-13(10-14)5-3-2-4-6-13/h7-8H,2-6,9-10H2,1H3,(H,17,18). The number of nitrogens with zero attached hydrogens (tertiary/aromatic N) is 2. The third kappa shape index (κ3) is 1.83. The first-order chi connectivity index (χ1) is 9.10. The second-order valence-corrected chi connectivity index (χ2v) is 6.08. The highest BCUT2D eigenvalue weighted by atomic mass is 16.5. The van der Waals surface area contributed by atoms with E-state index in [-0.39, 0.29) is 5.41 Å². The lowest BCUT2D eigenvalue weighted by Gasteiger charge is -2.55. The molecule has 2 aliphatic carbocycles. The van der Waals surface area contributed by atoms with Crippen LogP contribution in [0.5, 0.6) is 5.75 Å². The van der Waals surface area contributed by atoms with Crippen molar-refractivity contribution in [2.75, 3.05) is 7.11 Å². The predicted molar refractivity (Wildman–Crippen MR) is 69.1 cm³/mol. The second kappa shape index (κ2) is 4.25. The molecule has 19 heavy (non-hydrogen) atoms. The van der Waals surface area contributed by atoms with Crippen molar-refractivity contribution in [1.29, 1.82) is 0 Å². The normalized spacial score (nSPS) is 23.8. The summed E-state index contributed by atoms with van der Waals surface area (Å²) in [5, 5.41) is 13.8. The van der Waals surface area contributed by atoms with Crippen molar-refractivity contribution >= 4 is 5.97 Å². The van der Waals surface area contributed by atoms with Gasteiger partial charge < -0.3 is 9.84 Å². The van der Waals surface area contributed by atoms with Crippen molar-refractivity contribution in [3.05, 3.63) is 12.4 Å². The smallest absolute Gasteiger partial charge is 0.331 e. The largest absolute Gasteiger partial charge is 0.493 e. The fourth-order valence-electron chi connectivity index (χ4n) is 3.90. The van der Waals surface area contributed by atoms with E-state index in [4.69, 9.17) is 4.74 Å². The van der Waals surface area contributed by atoms with Crippen LogP contribution in [-0.4, -0.2) is 28.0 Å². The van der Waals surface area contributed by atoms with E-state index in [1.54, 1.807) is 24.2 Å². The zero-order valence-corrected chi connectivity index (χ0v) is 11.3. The van der Waals surface area contributed by atoms with Crippen molar-refractivity contribution in [2.24, 2.45) is 5.41 Å². The summed E-state index contributed by atoms with van der Waals surface area (Å²) in [6, 6.07) is 0. The van der Waals surface area contributed by atoms with E-state index in [9.17, 15) is 9.90 Å². The van der Waals surface area contributed by atoms with Gasteiger partial charge in [0.25, 0.3) is 0 Å². The van der Waals surface area contributed by atoms with Crippen LogP contribution in [-0.2, 0) is 10.3 Å². The van der Waals surface area contributed by atoms with Crippen LogP contribution in [0.25, 0.3) is 0 Å². The molecule has 5 heteroatoms. The molecule has 5 nitrogen and oxygen atoms in total. The molecular weight excluding hydrogens is 244 g/mol. The summed E-state index contributed by atoms with van der Waals surface area (Å²) in [7, 11) is 1.57. The fourth-order valence-corrected chi connectivity index (χ4v) is 3.90. The Kier molecular flexibility index (Phi) is 2.80. The summed E-state index contributed by atoms with van der Waals surface area (Å²) < 4.78 is 6.69. The Bertz CT molecular complexity index is 481. The van der Waals surface area contributed by atoms with Gasteiger partial charge in [0.15, 0.2) is 11.3 Å². The van der Waals surface area contributed by atoms with E-state index in [1.165, 1.54) is 32.1 Å². The number of carbonyl (C=O) groups is 1. The molecule has 2 aliphatic rings. The average molecular weight is 264 g/mol. The Balaban J connectivity index is 1.85. The van der Waals surface area contributed by atoms with Gasteiger partial charge in [-0.1, -0.05) is 19.3 Å². The second-order valence-electron chi connectivity index (χ2n) is 6.08. The minimum atomic E-state index is -0.853. The highest BCUT2D eigenvalue weighted by Gasteiger charge is 2.60. The topological polar surface area (TPSA) is 64.4 Å². The average Bonchev–Trinajstić information content (AvgIpc) is 2.85. The minimum absolute atomic E-state index is 0.246. The molecule has 1 aromatic rings. The molecule has 0 bridgehead atoms. The van der Waals surface area contributed by atoms with Gasteiger partial charge in [0.05, 0.1) is 19.5 Å². The van der Waals surface area contributed by atoms with Crippen LogP contribution in [0.2, 0.25) is 0 Å². The lowest BCUT2D eigenvalue weighted by atomic mass is 9.52. The number of carboxylic acids is 1.